The van der Waals surface area contributed by atoms with Gasteiger partial charge in [0.25, 0.3) is 0 Å². The van der Waals surface area contributed by atoms with Gasteiger partial charge in [-0.1, -0.05) is 25.0 Å². The van der Waals surface area contributed by atoms with Gasteiger partial charge < -0.3 is 19.5 Å². The Kier molecular flexibility index (Phi) is 7.61. The van der Waals surface area contributed by atoms with Gasteiger partial charge in [0, 0.05) is 24.2 Å². The lowest BCUT2D eigenvalue weighted by Crippen LogP contribution is -2.46. The van der Waals surface area contributed by atoms with Crippen LogP contribution in [0.4, 0.5) is 5.69 Å². The fraction of sp³-hybridized carbons (Fsp3) is 0.360. The second-order valence-electron chi connectivity index (χ2n) is 7.56. The van der Waals surface area contributed by atoms with Gasteiger partial charge in [-0.3, -0.25) is 14.5 Å². The molecular weight excluding hydrogens is 408 g/mol. The summed E-state index contributed by atoms with van der Waals surface area (Å²) in [5.41, 5.74) is 0.998. The van der Waals surface area contributed by atoms with E-state index in [4.69, 9.17) is 20.6 Å². The number of hydrogen-bond acceptors (Lipinski definition) is 5. The van der Waals surface area contributed by atoms with Gasteiger partial charge >= 0.3 is 5.91 Å². The van der Waals surface area contributed by atoms with Crippen LogP contribution in [-0.4, -0.2) is 39.2 Å². The zero-order chi connectivity index (χ0) is 23.1. The second kappa shape index (κ2) is 10.6. The minimum absolute atomic E-state index is 0.0749. The number of nitrogens with zero attached hydrogens (tertiary/aromatic N) is 1. The van der Waals surface area contributed by atoms with Crippen LogP contribution in [0.5, 0.6) is 17.2 Å². The standard InChI is InChI=1S/C25H28N2O5/c1-5-23(28)27(19-14-21(31-3)16-22(15-19)32-4)24(17-10-12-20(30-2)13-11-17)25(29)26-18-8-6-7-9-18/h1,10-16,18,24H,6-9H2,2-4H3,(H,26,29). The maximum atomic E-state index is 13.5. The number of hydrogen-bond donors (Lipinski definition) is 1. The van der Waals surface area contributed by atoms with Gasteiger partial charge in [0.2, 0.25) is 5.91 Å². The Morgan fingerprint density at radius 3 is 2.03 bits per heavy atom. The highest BCUT2D eigenvalue weighted by atomic mass is 16.5. The van der Waals surface area contributed by atoms with Crippen LogP contribution in [0.2, 0.25) is 0 Å². The minimum Gasteiger partial charge on any atom is -0.497 e. The molecule has 2 aromatic rings. The highest BCUT2D eigenvalue weighted by Gasteiger charge is 2.34. The van der Waals surface area contributed by atoms with Gasteiger partial charge in [-0.25, -0.2) is 0 Å². The van der Waals surface area contributed by atoms with E-state index in [0.717, 1.165) is 25.7 Å². The van der Waals surface area contributed by atoms with Crippen LogP contribution < -0.4 is 24.4 Å². The summed E-state index contributed by atoms with van der Waals surface area (Å²) in [6.07, 6.45) is 9.48. The molecular formula is C25H28N2O5. The molecule has 0 aliphatic heterocycles. The monoisotopic (exact) mass is 436 g/mol. The Morgan fingerprint density at radius 1 is 0.969 bits per heavy atom. The lowest BCUT2D eigenvalue weighted by molar-refractivity contribution is -0.125. The summed E-state index contributed by atoms with van der Waals surface area (Å²) in [6, 6.07) is 11.1. The zero-order valence-corrected chi connectivity index (χ0v) is 18.6. The second-order valence-corrected chi connectivity index (χ2v) is 7.56. The molecule has 2 aromatic carbocycles. The number of methoxy groups -OCH3 is 3. The lowest BCUT2D eigenvalue weighted by atomic mass is 10.0. The Balaban J connectivity index is 2.11. The predicted molar refractivity (Wildman–Crippen MR) is 122 cm³/mol. The summed E-state index contributed by atoms with van der Waals surface area (Å²) in [7, 11) is 4.59. The number of ether oxygens (including phenoxy) is 3. The third-order valence-electron chi connectivity index (χ3n) is 5.60. The van der Waals surface area contributed by atoms with E-state index in [1.165, 1.54) is 19.1 Å². The molecule has 168 valence electrons. The number of terminal acetylenes is 1. The molecule has 7 heteroatoms. The van der Waals surface area contributed by atoms with E-state index >= 15 is 0 Å². The molecule has 2 amide bonds. The summed E-state index contributed by atoms with van der Waals surface area (Å²) >= 11 is 0. The number of benzene rings is 2. The van der Waals surface area contributed by atoms with Crippen molar-refractivity contribution in [1.29, 1.82) is 0 Å². The van der Waals surface area contributed by atoms with Crippen LogP contribution in [0, 0.1) is 12.3 Å². The first-order valence-electron chi connectivity index (χ1n) is 10.5. The summed E-state index contributed by atoms with van der Waals surface area (Å²) in [5.74, 6) is 2.79. The number of nitrogens with one attached hydrogen (secondary N) is 1. The fourth-order valence-electron chi connectivity index (χ4n) is 3.94. The van der Waals surface area contributed by atoms with Crippen molar-refractivity contribution in [1.82, 2.24) is 5.32 Å². The summed E-state index contributed by atoms with van der Waals surface area (Å²) in [4.78, 5) is 27.8. The molecule has 0 bridgehead atoms. The quantitative estimate of drug-likeness (QED) is 0.641. The first-order valence-corrected chi connectivity index (χ1v) is 10.5. The highest BCUT2D eigenvalue weighted by Crippen LogP contribution is 2.35. The molecule has 0 radical (unpaired) electrons. The van der Waals surface area contributed by atoms with Gasteiger partial charge in [-0.05, 0) is 36.5 Å². The smallest absolute Gasteiger partial charge is 0.303 e. The summed E-state index contributed by atoms with van der Waals surface area (Å²) < 4.78 is 16.0. The molecule has 7 nitrogen and oxygen atoms in total. The number of carbonyl (C=O) groups is 2. The molecule has 32 heavy (non-hydrogen) atoms. The Hall–Kier alpha value is -3.66. The highest BCUT2D eigenvalue weighted by molar-refractivity contribution is 6.09. The van der Waals surface area contributed by atoms with Crippen molar-refractivity contribution in [3.63, 3.8) is 0 Å². The molecule has 1 fully saturated rings. The molecule has 0 saturated heterocycles. The van der Waals surface area contributed by atoms with Gasteiger partial charge in [-0.15, -0.1) is 6.42 Å². The number of carbonyl (C=O) groups excluding carboxylic acids is 2. The molecule has 1 aliphatic carbocycles. The van der Waals surface area contributed by atoms with Crippen molar-refractivity contribution in [2.75, 3.05) is 26.2 Å². The summed E-state index contributed by atoms with van der Waals surface area (Å²) in [6.45, 7) is 0. The average molecular weight is 437 g/mol. The third-order valence-corrected chi connectivity index (χ3v) is 5.60. The van der Waals surface area contributed by atoms with Crippen molar-refractivity contribution < 1.29 is 23.8 Å². The van der Waals surface area contributed by atoms with Gasteiger partial charge in [0.05, 0.1) is 27.0 Å². The Labute approximate surface area is 188 Å². The van der Waals surface area contributed by atoms with Crippen molar-refractivity contribution in [2.45, 2.75) is 37.8 Å². The topological polar surface area (TPSA) is 77.1 Å². The van der Waals surface area contributed by atoms with Crippen LogP contribution in [0.15, 0.2) is 42.5 Å². The molecule has 1 unspecified atom stereocenters. The van der Waals surface area contributed by atoms with Crippen LogP contribution >= 0.6 is 0 Å². The first-order chi connectivity index (χ1) is 15.5. The Morgan fingerprint density at radius 2 is 1.53 bits per heavy atom. The fourth-order valence-corrected chi connectivity index (χ4v) is 3.94. The lowest BCUT2D eigenvalue weighted by Gasteiger charge is -2.31. The van der Waals surface area contributed by atoms with E-state index in [9.17, 15) is 9.59 Å². The molecule has 1 saturated carbocycles. The van der Waals surface area contributed by atoms with Crippen LogP contribution in [-0.2, 0) is 9.59 Å². The number of amides is 2. The van der Waals surface area contributed by atoms with E-state index in [0.29, 0.717) is 28.5 Å². The third kappa shape index (κ3) is 5.14. The van der Waals surface area contributed by atoms with Crippen molar-refractivity contribution in [3.05, 3.63) is 48.0 Å². The Bertz CT molecular complexity index is 968. The molecule has 3 rings (SSSR count). The van der Waals surface area contributed by atoms with Gasteiger partial charge in [-0.2, -0.15) is 0 Å². The maximum Gasteiger partial charge on any atom is 0.303 e. The minimum atomic E-state index is -0.984. The zero-order valence-electron chi connectivity index (χ0n) is 18.6. The van der Waals surface area contributed by atoms with Crippen molar-refractivity contribution in [2.24, 2.45) is 0 Å². The van der Waals surface area contributed by atoms with Crippen LogP contribution in [0.3, 0.4) is 0 Å². The first kappa shape index (κ1) is 23.0. The number of anilines is 1. The van der Waals surface area contributed by atoms with Gasteiger partial charge in [0.1, 0.15) is 23.3 Å². The molecule has 0 spiro atoms. The van der Waals surface area contributed by atoms with E-state index in [1.54, 1.807) is 49.6 Å². The maximum absolute atomic E-state index is 13.5. The summed E-state index contributed by atoms with van der Waals surface area (Å²) in [5, 5.41) is 3.10. The van der Waals surface area contributed by atoms with Crippen molar-refractivity contribution in [3.8, 4) is 29.6 Å². The van der Waals surface area contributed by atoms with E-state index in [1.807, 2.05) is 0 Å². The van der Waals surface area contributed by atoms with E-state index in [2.05, 4.69) is 11.2 Å². The molecule has 1 N–H and O–H groups in total. The largest absolute Gasteiger partial charge is 0.497 e. The van der Waals surface area contributed by atoms with Crippen molar-refractivity contribution >= 4 is 17.5 Å². The SMILES string of the molecule is C#CC(=O)N(c1cc(OC)cc(OC)c1)C(C(=O)NC1CCCC1)c1ccc(OC)cc1. The van der Waals surface area contributed by atoms with Crippen LogP contribution in [0.1, 0.15) is 37.3 Å². The van der Waals surface area contributed by atoms with E-state index < -0.39 is 11.9 Å². The normalized spacial score (nSPS) is 14.2. The molecule has 1 aliphatic rings. The van der Waals surface area contributed by atoms with Gasteiger partial charge in [0.15, 0.2) is 0 Å². The molecule has 1 atom stereocenters. The van der Waals surface area contributed by atoms with E-state index in [-0.39, 0.29) is 11.9 Å². The molecule has 0 heterocycles. The molecule has 0 aromatic heterocycles. The average Bonchev–Trinajstić information content (AvgIpc) is 3.34. The predicted octanol–water partition coefficient (Wildman–Crippen LogP) is 3.48. The van der Waals surface area contributed by atoms with Crippen LogP contribution in [0.25, 0.3) is 0 Å². The number of rotatable bonds is 8.